The Morgan fingerprint density at radius 2 is 1.68 bits per heavy atom. The number of amides is 2. The van der Waals surface area contributed by atoms with Crippen molar-refractivity contribution in [1.29, 1.82) is 0 Å². The van der Waals surface area contributed by atoms with Crippen molar-refractivity contribution in [2.24, 2.45) is 0 Å². The minimum atomic E-state index is -0.128. The van der Waals surface area contributed by atoms with E-state index in [1.54, 1.807) is 17.0 Å². The lowest BCUT2D eigenvalue weighted by Gasteiger charge is -2.34. The molecule has 28 heavy (non-hydrogen) atoms. The summed E-state index contributed by atoms with van der Waals surface area (Å²) < 4.78 is 5.17. The Morgan fingerprint density at radius 3 is 2.39 bits per heavy atom. The van der Waals surface area contributed by atoms with Crippen LogP contribution in [-0.2, 0) is 4.79 Å². The summed E-state index contributed by atoms with van der Waals surface area (Å²) in [6.07, 6.45) is 1.49. The first kappa shape index (κ1) is 18.9. The molecule has 0 saturated carbocycles. The van der Waals surface area contributed by atoms with Crippen LogP contribution in [0.4, 0.5) is 0 Å². The second kappa shape index (κ2) is 8.29. The van der Waals surface area contributed by atoms with Gasteiger partial charge in [-0.15, -0.1) is 11.8 Å². The summed E-state index contributed by atoms with van der Waals surface area (Å²) in [4.78, 5) is 29.5. The number of nitrogens with zero attached hydrogens (tertiary/aromatic N) is 2. The van der Waals surface area contributed by atoms with Crippen molar-refractivity contribution >= 4 is 45.9 Å². The molecule has 7 heteroatoms. The number of benzene rings is 2. The van der Waals surface area contributed by atoms with Crippen LogP contribution >= 0.6 is 23.4 Å². The molecule has 0 spiro atoms. The highest BCUT2D eigenvalue weighted by Crippen LogP contribution is 2.33. The fourth-order valence-electron chi connectivity index (χ4n) is 3.33. The van der Waals surface area contributed by atoms with Crippen molar-refractivity contribution in [2.75, 3.05) is 31.9 Å². The van der Waals surface area contributed by atoms with E-state index in [1.165, 1.54) is 18.0 Å². The van der Waals surface area contributed by atoms with Gasteiger partial charge in [0.05, 0.1) is 12.0 Å². The molecule has 1 aliphatic heterocycles. The third-order valence-electron chi connectivity index (χ3n) is 4.82. The van der Waals surface area contributed by atoms with E-state index >= 15 is 0 Å². The molecule has 0 aliphatic carbocycles. The van der Waals surface area contributed by atoms with Crippen molar-refractivity contribution in [3.05, 3.63) is 65.6 Å². The van der Waals surface area contributed by atoms with Gasteiger partial charge in [0.15, 0.2) is 5.76 Å². The molecule has 0 unspecified atom stereocenters. The highest BCUT2D eigenvalue weighted by atomic mass is 35.5. The number of thioether (sulfide) groups is 1. The van der Waals surface area contributed by atoms with E-state index in [0.29, 0.717) is 42.7 Å². The summed E-state index contributed by atoms with van der Waals surface area (Å²) in [6.45, 7) is 2.08. The predicted octanol–water partition coefficient (Wildman–Crippen LogP) is 4.16. The molecule has 5 nitrogen and oxygen atoms in total. The lowest BCUT2D eigenvalue weighted by molar-refractivity contribution is -0.129. The highest BCUT2D eigenvalue weighted by molar-refractivity contribution is 8.00. The number of halogens is 1. The number of hydrogen-bond acceptors (Lipinski definition) is 4. The molecular formula is C21H19ClN2O3S. The van der Waals surface area contributed by atoms with Gasteiger partial charge < -0.3 is 14.2 Å². The number of fused-ring (bicyclic) bond motifs is 1. The van der Waals surface area contributed by atoms with Crippen molar-refractivity contribution in [3.8, 4) is 0 Å². The topological polar surface area (TPSA) is 53.8 Å². The number of carbonyl (C=O) groups is 2. The summed E-state index contributed by atoms with van der Waals surface area (Å²) in [5.41, 5.74) is 0. The molecule has 1 aromatic heterocycles. The van der Waals surface area contributed by atoms with Gasteiger partial charge in [0.25, 0.3) is 5.91 Å². The first-order valence-corrected chi connectivity index (χ1v) is 10.4. The molecule has 0 N–H and O–H groups in total. The van der Waals surface area contributed by atoms with E-state index in [-0.39, 0.29) is 11.8 Å². The van der Waals surface area contributed by atoms with E-state index in [4.69, 9.17) is 16.0 Å². The van der Waals surface area contributed by atoms with Gasteiger partial charge >= 0.3 is 0 Å². The first-order chi connectivity index (χ1) is 13.6. The average Bonchev–Trinajstić information content (AvgIpc) is 3.26. The third-order valence-corrected chi connectivity index (χ3v) is 6.18. The van der Waals surface area contributed by atoms with Crippen LogP contribution in [0.1, 0.15) is 10.6 Å². The molecule has 0 bridgehead atoms. The molecular weight excluding hydrogens is 396 g/mol. The van der Waals surface area contributed by atoms with Crippen LogP contribution in [0.25, 0.3) is 10.8 Å². The number of hydrogen-bond donors (Lipinski definition) is 0. The molecule has 2 amide bonds. The quantitative estimate of drug-likeness (QED) is 0.601. The van der Waals surface area contributed by atoms with E-state index in [1.807, 2.05) is 41.3 Å². The Morgan fingerprint density at radius 1 is 0.964 bits per heavy atom. The minimum Gasteiger partial charge on any atom is -0.459 e. The Kier molecular flexibility index (Phi) is 5.59. The third kappa shape index (κ3) is 3.88. The van der Waals surface area contributed by atoms with Crippen molar-refractivity contribution in [1.82, 2.24) is 9.80 Å². The summed E-state index contributed by atoms with van der Waals surface area (Å²) >= 11 is 7.86. The maximum atomic E-state index is 12.6. The fourth-order valence-corrected chi connectivity index (χ4v) is 4.68. The zero-order valence-corrected chi connectivity index (χ0v) is 16.7. The second-order valence-electron chi connectivity index (χ2n) is 6.53. The van der Waals surface area contributed by atoms with Crippen LogP contribution in [0, 0.1) is 0 Å². The Hall–Kier alpha value is -2.44. The van der Waals surface area contributed by atoms with Crippen molar-refractivity contribution in [3.63, 3.8) is 0 Å². The smallest absolute Gasteiger partial charge is 0.289 e. The second-order valence-corrected chi connectivity index (χ2v) is 7.96. The molecule has 3 aromatic rings. The molecule has 2 heterocycles. The average molecular weight is 415 g/mol. The maximum absolute atomic E-state index is 12.6. The monoisotopic (exact) mass is 414 g/mol. The van der Waals surface area contributed by atoms with Gasteiger partial charge in [-0.1, -0.05) is 35.9 Å². The lowest BCUT2D eigenvalue weighted by Crippen LogP contribution is -2.51. The van der Waals surface area contributed by atoms with Crippen LogP contribution in [0.5, 0.6) is 0 Å². The number of piperazine rings is 1. The molecule has 0 radical (unpaired) electrons. The van der Waals surface area contributed by atoms with Gasteiger partial charge in [0, 0.05) is 41.5 Å². The zero-order valence-electron chi connectivity index (χ0n) is 15.1. The Balaban J connectivity index is 1.35. The van der Waals surface area contributed by atoms with Crippen LogP contribution in [0.15, 0.2) is 64.1 Å². The van der Waals surface area contributed by atoms with Crippen molar-refractivity contribution < 1.29 is 14.0 Å². The van der Waals surface area contributed by atoms with Gasteiger partial charge in [0.1, 0.15) is 0 Å². The summed E-state index contributed by atoms with van der Waals surface area (Å²) in [5.74, 6) is 0.621. The normalized spacial score (nSPS) is 14.5. The predicted molar refractivity (Wildman–Crippen MR) is 111 cm³/mol. The maximum Gasteiger partial charge on any atom is 0.289 e. The lowest BCUT2D eigenvalue weighted by atomic mass is 10.1. The standard InChI is InChI=1S/C21H19ClN2O3S/c22-16-6-1-4-15-5-2-8-18(20(15)16)28-14-19(25)23-9-11-24(12-10-23)21(26)17-7-3-13-27-17/h1-8,13H,9-12,14H2. The minimum absolute atomic E-state index is 0.0687. The SMILES string of the molecule is O=C(CSc1cccc2cccc(Cl)c12)N1CCN(C(=O)c2ccco2)CC1. The molecule has 1 aliphatic rings. The van der Waals surface area contributed by atoms with Crippen LogP contribution in [-0.4, -0.2) is 53.5 Å². The molecule has 144 valence electrons. The molecule has 1 saturated heterocycles. The van der Waals surface area contributed by atoms with Gasteiger partial charge in [-0.3, -0.25) is 9.59 Å². The van der Waals surface area contributed by atoms with Crippen LogP contribution < -0.4 is 0 Å². The summed E-state index contributed by atoms with van der Waals surface area (Å²) in [7, 11) is 0. The molecule has 4 rings (SSSR count). The van der Waals surface area contributed by atoms with Gasteiger partial charge in [-0.2, -0.15) is 0 Å². The Bertz CT molecular complexity index is 993. The van der Waals surface area contributed by atoms with E-state index in [2.05, 4.69) is 0 Å². The largest absolute Gasteiger partial charge is 0.459 e. The number of furan rings is 1. The molecule has 2 aromatic carbocycles. The van der Waals surface area contributed by atoms with E-state index < -0.39 is 0 Å². The van der Waals surface area contributed by atoms with Gasteiger partial charge in [-0.25, -0.2) is 0 Å². The van der Waals surface area contributed by atoms with Crippen LogP contribution in [0.3, 0.4) is 0 Å². The summed E-state index contributed by atoms with van der Waals surface area (Å²) in [6, 6.07) is 15.1. The van der Waals surface area contributed by atoms with Gasteiger partial charge in [0.2, 0.25) is 5.91 Å². The summed E-state index contributed by atoms with van der Waals surface area (Å²) in [5, 5.41) is 2.74. The fraction of sp³-hybridized carbons (Fsp3) is 0.238. The van der Waals surface area contributed by atoms with E-state index in [0.717, 1.165) is 15.7 Å². The van der Waals surface area contributed by atoms with Gasteiger partial charge in [-0.05, 0) is 29.7 Å². The zero-order chi connectivity index (χ0) is 19.5. The van der Waals surface area contributed by atoms with Crippen LogP contribution in [0.2, 0.25) is 5.02 Å². The molecule has 1 fully saturated rings. The molecule has 0 atom stereocenters. The highest BCUT2D eigenvalue weighted by Gasteiger charge is 2.26. The Labute approximate surface area is 172 Å². The number of carbonyl (C=O) groups excluding carboxylic acids is 2. The first-order valence-electron chi connectivity index (χ1n) is 9.04. The van der Waals surface area contributed by atoms with Crippen molar-refractivity contribution in [2.45, 2.75) is 4.90 Å². The van der Waals surface area contributed by atoms with E-state index in [9.17, 15) is 9.59 Å². The number of rotatable bonds is 4.